The van der Waals surface area contributed by atoms with E-state index < -0.39 is 0 Å². The zero-order valence-corrected chi connectivity index (χ0v) is 18.0. The van der Waals surface area contributed by atoms with Crippen LogP contribution in [0.5, 0.6) is 0 Å². The monoisotopic (exact) mass is 421 g/mol. The van der Waals surface area contributed by atoms with Crippen LogP contribution in [0, 0.1) is 19.8 Å². The number of carbonyl (C=O) groups is 1. The van der Waals surface area contributed by atoms with Crippen molar-refractivity contribution in [3.8, 4) is 0 Å². The summed E-state index contributed by atoms with van der Waals surface area (Å²) in [5.41, 5.74) is 3.05. The van der Waals surface area contributed by atoms with Crippen LogP contribution in [0.1, 0.15) is 46.2 Å². The van der Waals surface area contributed by atoms with Gasteiger partial charge < -0.3 is 19.1 Å². The molecular formula is C23H27N5O3. The molecule has 3 fully saturated rings. The number of likely N-dealkylation sites (tertiary alicyclic amines) is 1. The summed E-state index contributed by atoms with van der Waals surface area (Å²) >= 11 is 0. The van der Waals surface area contributed by atoms with Gasteiger partial charge in [-0.25, -0.2) is 4.98 Å². The molecule has 162 valence electrons. The Bertz CT molecular complexity index is 1130. The van der Waals surface area contributed by atoms with E-state index in [0.29, 0.717) is 31.2 Å². The highest BCUT2D eigenvalue weighted by atomic mass is 16.5. The molecule has 0 aliphatic carbocycles. The van der Waals surface area contributed by atoms with Gasteiger partial charge in [-0.1, -0.05) is 0 Å². The SMILES string of the molecule is Cc1cnc(C)c(N2C[C@@H]3C[C@H](C2)c2ccc(C(=O)N4C[C@H]5C[C@@H]4CO5)c(=O)n2C3)n1. The summed E-state index contributed by atoms with van der Waals surface area (Å²) in [5, 5.41) is 0. The molecule has 4 aliphatic heterocycles. The number of morpholine rings is 1. The van der Waals surface area contributed by atoms with E-state index in [1.807, 2.05) is 29.4 Å². The average Bonchev–Trinajstić information content (AvgIpc) is 3.39. The predicted molar refractivity (Wildman–Crippen MR) is 114 cm³/mol. The van der Waals surface area contributed by atoms with Crippen LogP contribution in [0.25, 0.3) is 0 Å². The molecule has 31 heavy (non-hydrogen) atoms. The Kier molecular flexibility index (Phi) is 4.21. The summed E-state index contributed by atoms with van der Waals surface area (Å²) < 4.78 is 7.47. The fourth-order valence-electron chi connectivity index (χ4n) is 5.91. The smallest absolute Gasteiger partial charge is 0.263 e. The lowest BCUT2D eigenvalue weighted by Gasteiger charge is -2.43. The molecule has 4 atom stereocenters. The third kappa shape index (κ3) is 2.99. The van der Waals surface area contributed by atoms with Gasteiger partial charge in [-0.15, -0.1) is 0 Å². The van der Waals surface area contributed by atoms with Crippen molar-refractivity contribution in [3.05, 3.63) is 51.3 Å². The first-order valence-corrected chi connectivity index (χ1v) is 11.2. The first-order valence-electron chi connectivity index (χ1n) is 11.2. The number of aromatic nitrogens is 3. The third-order valence-electron chi connectivity index (χ3n) is 7.35. The molecule has 0 aromatic carbocycles. The van der Waals surface area contributed by atoms with Crippen LogP contribution in [-0.2, 0) is 11.3 Å². The van der Waals surface area contributed by atoms with Gasteiger partial charge in [0, 0.05) is 44.0 Å². The number of hydrogen-bond donors (Lipinski definition) is 0. The Morgan fingerprint density at radius 2 is 2.00 bits per heavy atom. The minimum absolute atomic E-state index is 0.115. The number of fused-ring (bicyclic) bond motifs is 6. The maximum atomic E-state index is 13.3. The first kappa shape index (κ1) is 19.0. The summed E-state index contributed by atoms with van der Waals surface area (Å²) in [5.74, 6) is 1.41. The number of amides is 1. The summed E-state index contributed by atoms with van der Waals surface area (Å²) in [4.78, 5) is 39.8. The Morgan fingerprint density at radius 3 is 2.77 bits per heavy atom. The number of rotatable bonds is 2. The third-order valence-corrected chi connectivity index (χ3v) is 7.35. The van der Waals surface area contributed by atoms with Gasteiger partial charge in [0.15, 0.2) is 0 Å². The lowest BCUT2D eigenvalue weighted by Crippen LogP contribution is -2.49. The second kappa shape index (κ2) is 6.88. The molecule has 6 rings (SSSR count). The minimum atomic E-state index is -0.140. The Hall–Kier alpha value is -2.74. The second-order valence-corrected chi connectivity index (χ2v) is 9.51. The van der Waals surface area contributed by atoms with Crippen LogP contribution in [0.4, 0.5) is 5.82 Å². The lowest BCUT2D eigenvalue weighted by molar-refractivity contribution is 0.0257. The van der Waals surface area contributed by atoms with Gasteiger partial charge in [0.1, 0.15) is 11.4 Å². The Morgan fingerprint density at radius 1 is 1.13 bits per heavy atom. The van der Waals surface area contributed by atoms with Crippen LogP contribution in [0.3, 0.4) is 0 Å². The van der Waals surface area contributed by atoms with Crippen LogP contribution in [0.15, 0.2) is 23.1 Å². The number of piperidine rings is 1. The Labute approximate surface area is 180 Å². The molecule has 8 nitrogen and oxygen atoms in total. The van der Waals surface area contributed by atoms with Gasteiger partial charge in [0.25, 0.3) is 11.5 Å². The lowest BCUT2D eigenvalue weighted by atomic mass is 9.83. The zero-order valence-electron chi connectivity index (χ0n) is 18.0. The van der Waals surface area contributed by atoms with Crippen molar-refractivity contribution in [2.45, 2.75) is 51.3 Å². The van der Waals surface area contributed by atoms with Gasteiger partial charge in [0.05, 0.1) is 30.1 Å². The van der Waals surface area contributed by atoms with Crippen LogP contribution in [-0.4, -0.2) is 63.7 Å². The zero-order chi connectivity index (χ0) is 21.3. The van der Waals surface area contributed by atoms with E-state index in [-0.39, 0.29) is 29.5 Å². The molecule has 4 aliphatic rings. The van der Waals surface area contributed by atoms with Gasteiger partial charge in [-0.2, -0.15) is 0 Å². The highest BCUT2D eigenvalue weighted by molar-refractivity contribution is 5.94. The van der Waals surface area contributed by atoms with E-state index in [4.69, 9.17) is 9.72 Å². The fourth-order valence-corrected chi connectivity index (χ4v) is 5.91. The molecule has 6 heterocycles. The maximum Gasteiger partial charge on any atom is 0.263 e. The van der Waals surface area contributed by atoms with Crippen molar-refractivity contribution in [2.75, 3.05) is 31.1 Å². The second-order valence-electron chi connectivity index (χ2n) is 9.51. The average molecular weight is 422 g/mol. The van der Waals surface area contributed by atoms with Crippen molar-refractivity contribution >= 4 is 11.7 Å². The molecule has 3 saturated heterocycles. The largest absolute Gasteiger partial charge is 0.374 e. The standard InChI is InChI=1S/C23H27N5O3/c1-13-7-24-14(2)21(25-13)26-8-15-5-16(10-26)20-4-3-19(23(30)28(20)9-15)22(29)27-11-18-6-17(27)12-31-18/h3-4,7,15-18H,5-6,8-12H2,1-2H3/t15-,16+,17+,18+/m0/s1. The van der Waals surface area contributed by atoms with Gasteiger partial charge >= 0.3 is 0 Å². The van der Waals surface area contributed by atoms with E-state index in [2.05, 4.69) is 9.88 Å². The molecular weight excluding hydrogens is 394 g/mol. The highest BCUT2D eigenvalue weighted by Crippen LogP contribution is 2.37. The van der Waals surface area contributed by atoms with Crippen molar-refractivity contribution < 1.29 is 9.53 Å². The van der Waals surface area contributed by atoms with Crippen LogP contribution < -0.4 is 10.5 Å². The van der Waals surface area contributed by atoms with Crippen LogP contribution >= 0.6 is 0 Å². The highest BCUT2D eigenvalue weighted by Gasteiger charge is 2.43. The van der Waals surface area contributed by atoms with E-state index >= 15 is 0 Å². The normalized spacial score (nSPS) is 28.7. The first-order chi connectivity index (χ1) is 15.0. The minimum Gasteiger partial charge on any atom is -0.374 e. The Balaban J connectivity index is 1.30. The van der Waals surface area contributed by atoms with Crippen LogP contribution in [0.2, 0.25) is 0 Å². The number of anilines is 1. The van der Waals surface area contributed by atoms with E-state index in [1.165, 1.54) is 0 Å². The topological polar surface area (TPSA) is 80.6 Å². The number of ether oxygens (including phenoxy) is 1. The maximum absolute atomic E-state index is 13.3. The van der Waals surface area contributed by atoms with Gasteiger partial charge in [-0.3, -0.25) is 14.6 Å². The summed E-state index contributed by atoms with van der Waals surface area (Å²) in [6.45, 7) is 7.47. The molecule has 0 saturated carbocycles. The molecule has 0 N–H and O–H groups in total. The van der Waals surface area contributed by atoms with E-state index in [0.717, 1.165) is 48.8 Å². The van der Waals surface area contributed by atoms with Crippen molar-refractivity contribution in [1.29, 1.82) is 0 Å². The summed E-state index contributed by atoms with van der Waals surface area (Å²) in [7, 11) is 0. The molecule has 0 spiro atoms. The number of hydrogen-bond acceptors (Lipinski definition) is 6. The number of nitrogens with zero attached hydrogens (tertiary/aromatic N) is 5. The number of aryl methyl sites for hydroxylation is 2. The van der Waals surface area contributed by atoms with E-state index in [9.17, 15) is 9.59 Å². The molecule has 0 radical (unpaired) electrons. The van der Waals surface area contributed by atoms with Gasteiger partial charge in [-0.05, 0) is 44.7 Å². The molecule has 2 aromatic rings. The van der Waals surface area contributed by atoms with E-state index in [1.54, 1.807) is 12.3 Å². The molecule has 4 bridgehead atoms. The van der Waals surface area contributed by atoms with Crippen molar-refractivity contribution in [3.63, 3.8) is 0 Å². The molecule has 2 aromatic heterocycles. The number of carbonyl (C=O) groups excluding carboxylic acids is 1. The predicted octanol–water partition coefficient (Wildman–Crippen LogP) is 1.49. The molecule has 8 heteroatoms. The number of pyridine rings is 1. The molecule has 0 unspecified atom stereocenters. The summed E-state index contributed by atoms with van der Waals surface area (Å²) in [6.07, 6.45) is 3.89. The molecule has 1 amide bonds. The van der Waals surface area contributed by atoms with Crippen molar-refractivity contribution in [1.82, 2.24) is 19.4 Å². The van der Waals surface area contributed by atoms with Gasteiger partial charge in [0.2, 0.25) is 0 Å². The fraction of sp³-hybridized carbons (Fsp3) is 0.565. The summed E-state index contributed by atoms with van der Waals surface area (Å²) in [6, 6.07) is 3.86. The quantitative estimate of drug-likeness (QED) is 0.731. The van der Waals surface area contributed by atoms with Crippen molar-refractivity contribution in [2.24, 2.45) is 5.92 Å².